The zero-order valence-corrected chi connectivity index (χ0v) is 19.4. The second-order valence-corrected chi connectivity index (χ2v) is 9.22. The molecule has 1 aliphatic rings. The van der Waals surface area contributed by atoms with E-state index in [1.54, 1.807) is 31.2 Å². The van der Waals surface area contributed by atoms with Crippen LogP contribution in [-0.2, 0) is 29.3 Å². The Hall–Kier alpha value is -2.95. The van der Waals surface area contributed by atoms with E-state index in [9.17, 15) is 23.1 Å². The van der Waals surface area contributed by atoms with Crippen molar-refractivity contribution in [2.75, 3.05) is 20.3 Å². The van der Waals surface area contributed by atoms with E-state index in [2.05, 4.69) is 0 Å². The molecule has 178 valence electrons. The van der Waals surface area contributed by atoms with Crippen LogP contribution in [0.5, 0.6) is 5.75 Å². The average molecular weight is 478 g/mol. The summed E-state index contributed by atoms with van der Waals surface area (Å²) in [6.07, 6.45) is -0.176. The maximum atomic E-state index is 12.8. The summed E-state index contributed by atoms with van der Waals surface area (Å²) in [6.45, 7) is 3.35. The molecule has 0 spiro atoms. The summed E-state index contributed by atoms with van der Waals surface area (Å²) < 4.78 is 35.2. The lowest BCUT2D eigenvalue weighted by molar-refractivity contribution is -0.181. The van der Waals surface area contributed by atoms with E-state index in [-0.39, 0.29) is 30.3 Å². The lowest BCUT2D eigenvalue weighted by Gasteiger charge is -2.25. The number of nitrogens with zero attached hydrogens (tertiary/aromatic N) is 1. The standard InChI is InChI=1S/C23H27NO8S/c1-4-31-21(26)13-19-20(14-25)22(24(30-3)23(19)27)16-7-9-17(10-8-16)32-33(28,29)18-11-5-15(2)6-12-18/h5-12,19-20,22,25H,4,13-14H2,1-3H3/t19-,20-,22+/m0/s1. The highest BCUT2D eigenvalue weighted by Gasteiger charge is 2.50. The molecule has 1 amide bonds. The lowest BCUT2D eigenvalue weighted by Crippen LogP contribution is -2.29. The van der Waals surface area contributed by atoms with Crippen molar-refractivity contribution in [1.82, 2.24) is 5.06 Å². The second kappa shape index (κ2) is 10.3. The van der Waals surface area contributed by atoms with Gasteiger partial charge in [0.25, 0.3) is 5.91 Å². The fraction of sp³-hybridized carbons (Fsp3) is 0.391. The van der Waals surface area contributed by atoms with Gasteiger partial charge in [-0.05, 0) is 43.7 Å². The van der Waals surface area contributed by atoms with Gasteiger partial charge in [-0.2, -0.15) is 8.42 Å². The molecule has 1 N–H and O–H groups in total. The minimum atomic E-state index is -4.01. The third-order valence-corrected chi connectivity index (χ3v) is 6.81. The van der Waals surface area contributed by atoms with Crippen LogP contribution in [0.3, 0.4) is 0 Å². The Bertz CT molecular complexity index is 1080. The number of esters is 1. The first-order valence-corrected chi connectivity index (χ1v) is 11.9. The molecule has 0 unspecified atom stereocenters. The largest absolute Gasteiger partial charge is 0.466 e. The summed E-state index contributed by atoms with van der Waals surface area (Å²) in [5.74, 6) is -2.30. The van der Waals surface area contributed by atoms with Crippen molar-refractivity contribution in [3.8, 4) is 5.75 Å². The van der Waals surface area contributed by atoms with Gasteiger partial charge in [-0.15, -0.1) is 0 Å². The van der Waals surface area contributed by atoms with Crippen molar-refractivity contribution in [3.63, 3.8) is 0 Å². The molecular weight excluding hydrogens is 450 g/mol. The molecule has 33 heavy (non-hydrogen) atoms. The van der Waals surface area contributed by atoms with Crippen LogP contribution in [0.2, 0.25) is 0 Å². The van der Waals surface area contributed by atoms with Crippen LogP contribution < -0.4 is 4.18 Å². The highest BCUT2D eigenvalue weighted by Crippen LogP contribution is 2.43. The van der Waals surface area contributed by atoms with E-state index in [0.717, 1.165) is 10.6 Å². The first-order valence-electron chi connectivity index (χ1n) is 10.5. The number of hydroxylamine groups is 2. The molecule has 1 saturated heterocycles. The van der Waals surface area contributed by atoms with Crippen molar-refractivity contribution in [2.45, 2.75) is 31.2 Å². The molecule has 0 aliphatic carbocycles. The molecule has 0 aromatic heterocycles. The third kappa shape index (κ3) is 5.35. The number of ether oxygens (including phenoxy) is 1. The number of benzene rings is 2. The van der Waals surface area contributed by atoms with Gasteiger partial charge >= 0.3 is 16.1 Å². The van der Waals surface area contributed by atoms with Crippen LogP contribution >= 0.6 is 0 Å². The van der Waals surface area contributed by atoms with Crippen LogP contribution in [0.25, 0.3) is 0 Å². The number of aliphatic hydroxyl groups is 1. The molecule has 1 heterocycles. The number of hydrogen-bond acceptors (Lipinski definition) is 8. The molecule has 9 nitrogen and oxygen atoms in total. The fourth-order valence-corrected chi connectivity index (χ4v) is 4.86. The average Bonchev–Trinajstić information content (AvgIpc) is 3.05. The monoisotopic (exact) mass is 477 g/mol. The number of carbonyl (C=O) groups is 2. The van der Waals surface area contributed by atoms with Gasteiger partial charge in [0.05, 0.1) is 32.1 Å². The summed E-state index contributed by atoms with van der Waals surface area (Å²) in [6, 6.07) is 11.7. The zero-order chi connectivity index (χ0) is 24.2. The summed E-state index contributed by atoms with van der Waals surface area (Å²) in [5.41, 5.74) is 1.52. The van der Waals surface area contributed by atoms with E-state index < -0.39 is 39.9 Å². The highest BCUT2D eigenvalue weighted by atomic mass is 32.2. The van der Waals surface area contributed by atoms with Crippen LogP contribution in [0.1, 0.15) is 30.5 Å². The van der Waals surface area contributed by atoms with Gasteiger partial charge in [0.2, 0.25) is 0 Å². The molecule has 1 aliphatic heterocycles. The summed E-state index contributed by atoms with van der Waals surface area (Å²) in [7, 11) is -2.68. The van der Waals surface area contributed by atoms with Crippen LogP contribution in [0, 0.1) is 18.8 Å². The van der Waals surface area contributed by atoms with E-state index in [1.165, 1.54) is 31.4 Å². The normalized spacial score (nSPS) is 20.7. The zero-order valence-electron chi connectivity index (χ0n) is 18.6. The number of aryl methyl sites for hydroxylation is 1. The number of aliphatic hydroxyl groups excluding tert-OH is 1. The van der Waals surface area contributed by atoms with Crippen molar-refractivity contribution in [1.29, 1.82) is 0 Å². The maximum Gasteiger partial charge on any atom is 0.339 e. The van der Waals surface area contributed by atoms with E-state index in [1.807, 2.05) is 6.92 Å². The first-order chi connectivity index (χ1) is 15.7. The molecule has 2 aromatic rings. The van der Waals surface area contributed by atoms with Crippen molar-refractivity contribution in [3.05, 3.63) is 59.7 Å². The maximum absolute atomic E-state index is 12.8. The Morgan fingerprint density at radius 1 is 1.09 bits per heavy atom. The third-order valence-electron chi connectivity index (χ3n) is 5.55. The van der Waals surface area contributed by atoms with Crippen molar-refractivity contribution >= 4 is 22.0 Å². The van der Waals surface area contributed by atoms with Crippen LogP contribution in [-0.4, -0.2) is 50.8 Å². The lowest BCUT2D eigenvalue weighted by atomic mass is 9.85. The Kier molecular flexibility index (Phi) is 7.72. The smallest absolute Gasteiger partial charge is 0.339 e. The Morgan fingerprint density at radius 3 is 2.27 bits per heavy atom. The van der Waals surface area contributed by atoms with Gasteiger partial charge in [-0.25, -0.2) is 5.06 Å². The van der Waals surface area contributed by atoms with E-state index in [4.69, 9.17) is 13.8 Å². The molecule has 3 rings (SSSR count). The number of rotatable bonds is 9. The molecule has 10 heteroatoms. The Labute approximate surface area is 193 Å². The number of hydrogen-bond donors (Lipinski definition) is 1. The molecular formula is C23H27NO8S. The predicted octanol–water partition coefficient (Wildman–Crippen LogP) is 2.39. The summed E-state index contributed by atoms with van der Waals surface area (Å²) in [5, 5.41) is 11.1. The van der Waals surface area contributed by atoms with Gasteiger partial charge < -0.3 is 14.0 Å². The molecule has 0 radical (unpaired) electrons. The van der Waals surface area contributed by atoms with Crippen molar-refractivity contribution < 1.29 is 36.9 Å². The van der Waals surface area contributed by atoms with Gasteiger partial charge in [0.15, 0.2) is 0 Å². The van der Waals surface area contributed by atoms with Gasteiger partial charge in [0, 0.05) is 12.5 Å². The Balaban J connectivity index is 1.82. The first kappa shape index (κ1) is 24.7. The minimum absolute atomic E-state index is 0.0336. The van der Waals surface area contributed by atoms with Crippen LogP contribution in [0.15, 0.2) is 53.4 Å². The van der Waals surface area contributed by atoms with E-state index >= 15 is 0 Å². The van der Waals surface area contributed by atoms with Crippen LogP contribution in [0.4, 0.5) is 0 Å². The number of carbonyl (C=O) groups excluding carboxylic acids is 2. The van der Waals surface area contributed by atoms with Crippen molar-refractivity contribution in [2.24, 2.45) is 11.8 Å². The van der Waals surface area contributed by atoms with E-state index in [0.29, 0.717) is 5.56 Å². The Morgan fingerprint density at radius 2 is 1.73 bits per heavy atom. The van der Waals surface area contributed by atoms with Gasteiger partial charge in [0.1, 0.15) is 10.6 Å². The SMILES string of the molecule is CCOC(=O)C[C@@H]1C(=O)N(OC)[C@H](c2ccc(OS(=O)(=O)c3ccc(C)cc3)cc2)[C@H]1CO. The quantitative estimate of drug-likeness (QED) is 0.432. The molecule has 2 aromatic carbocycles. The molecule has 0 saturated carbocycles. The molecule has 1 fully saturated rings. The molecule has 0 bridgehead atoms. The number of amides is 1. The van der Waals surface area contributed by atoms with Gasteiger partial charge in [-0.1, -0.05) is 29.8 Å². The summed E-state index contributed by atoms with van der Waals surface area (Å²) >= 11 is 0. The predicted molar refractivity (Wildman–Crippen MR) is 117 cm³/mol. The minimum Gasteiger partial charge on any atom is -0.466 e. The summed E-state index contributed by atoms with van der Waals surface area (Å²) in [4.78, 5) is 30.1. The second-order valence-electron chi connectivity index (χ2n) is 7.67. The topological polar surface area (TPSA) is 119 Å². The fourth-order valence-electron chi connectivity index (χ4n) is 3.93. The highest BCUT2D eigenvalue weighted by molar-refractivity contribution is 7.87. The molecule has 3 atom stereocenters. The van der Waals surface area contributed by atoms with Gasteiger partial charge in [-0.3, -0.25) is 14.4 Å².